The topological polar surface area (TPSA) is 29.5 Å². The molecular weight excluding hydrogens is 190 g/mol. The average Bonchev–Trinajstić information content (AvgIpc) is 2.19. The van der Waals surface area contributed by atoms with Crippen LogP contribution in [0.15, 0.2) is 0 Å². The summed E-state index contributed by atoms with van der Waals surface area (Å²) in [6.45, 7) is 9.46. The van der Waals surface area contributed by atoms with Gasteiger partial charge in [-0.05, 0) is 18.8 Å². The molecule has 15 heavy (non-hydrogen) atoms. The molecule has 0 spiro atoms. The van der Waals surface area contributed by atoms with Crippen molar-refractivity contribution in [2.45, 2.75) is 33.6 Å². The van der Waals surface area contributed by atoms with Gasteiger partial charge in [0.15, 0.2) is 0 Å². The highest BCUT2D eigenvalue weighted by molar-refractivity contribution is 5.79. The summed E-state index contributed by atoms with van der Waals surface area (Å²) in [5.41, 5.74) is 0. The highest BCUT2D eigenvalue weighted by atomic mass is 16.5. The van der Waals surface area contributed by atoms with Crippen molar-refractivity contribution in [3.05, 3.63) is 0 Å². The molecule has 0 aromatic heterocycles. The van der Waals surface area contributed by atoms with Gasteiger partial charge in [-0.3, -0.25) is 4.79 Å². The van der Waals surface area contributed by atoms with E-state index in [2.05, 4.69) is 6.92 Å². The lowest BCUT2D eigenvalue weighted by Gasteiger charge is -2.35. The van der Waals surface area contributed by atoms with Crippen molar-refractivity contribution in [2.24, 2.45) is 11.8 Å². The van der Waals surface area contributed by atoms with E-state index >= 15 is 0 Å². The van der Waals surface area contributed by atoms with Crippen LogP contribution in [-0.2, 0) is 9.53 Å². The van der Waals surface area contributed by atoms with Crippen LogP contribution in [0.2, 0.25) is 0 Å². The largest absolute Gasteiger partial charge is 0.380 e. The highest BCUT2D eigenvalue weighted by Crippen LogP contribution is 2.20. The number of hydrogen-bond donors (Lipinski definition) is 0. The van der Waals surface area contributed by atoms with Crippen molar-refractivity contribution >= 4 is 5.91 Å². The fourth-order valence-corrected chi connectivity index (χ4v) is 1.87. The molecule has 0 atom stereocenters. The summed E-state index contributed by atoms with van der Waals surface area (Å²) in [5.74, 6) is 1.29. The second-order valence-corrected chi connectivity index (χ2v) is 4.24. The molecule has 2 aliphatic rings. The van der Waals surface area contributed by atoms with E-state index in [-0.39, 0.29) is 5.92 Å². The first-order valence-corrected chi connectivity index (χ1v) is 6.14. The number of ether oxygens (including phenoxy) is 1. The van der Waals surface area contributed by atoms with Crippen LogP contribution in [-0.4, -0.2) is 37.1 Å². The highest BCUT2D eigenvalue weighted by Gasteiger charge is 2.31. The zero-order valence-corrected chi connectivity index (χ0v) is 10.2. The Morgan fingerprint density at radius 1 is 1.20 bits per heavy atom. The Morgan fingerprint density at radius 3 is 2.13 bits per heavy atom. The van der Waals surface area contributed by atoms with Gasteiger partial charge in [0.25, 0.3) is 0 Å². The van der Waals surface area contributed by atoms with Crippen molar-refractivity contribution in [1.29, 1.82) is 0 Å². The number of nitrogens with zero attached hydrogens (tertiary/aromatic N) is 1. The molecule has 2 aliphatic heterocycles. The predicted molar refractivity (Wildman–Crippen MR) is 60.6 cm³/mol. The van der Waals surface area contributed by atoms with Gasteiger partial charge in [-0.2, -0.15) is 0 Å². The van der Waals surface area contributed by atoms with Crippen LogP contribution in [0.5, 0.6) is 0 Å². The molecule has 3 nitrogen and oxygen atoms in total. The number of rotatable bonds is 1. The molecule has 0 aromatic rings. The van der Waals surface area contributed by atoms with Crippen LogP contribution in [0.25, 0.3) is 0 Å². The van der Waals surface area contributed by atoms with E-state index in [1.54, 1.807) is 0 Å². The first-order valence-electron chi connectivity index (χ1n) is 6.14. The Labute approximate surface area is 92.8 Å². The Balaban J connectivity index is 0.000000531. The van der Waals surface area contributed by atoms with Crippen LogP contribution in [0.3, 0.4) is 0 Å². The van der Waals surface area contributed by atoms with Gasteiger partial charge in [-0.25, -0.2) is 0 Å². The third-order valence-electron chi connectivity index (χ3n) is 3.08. The van der Waals surface area contributed by atoms with Gasteiger partial charge in [0.2, 0.25) is 5.91 Å². The van der Waals surface area contributed by atoms with E-state index in [1.807, 2.05) is 18.7 Å². The first kappa shape index (κ1) is 12.5. The van der Waals surface area contributed by atoms with Crippen molar-refractivity contribution in [3.63, 3.8) is 0 Å². The fourth-order valence-electron chi connectivity index (χ4n) is 1.87. The number of carbonyl (C=O) groups excluding carboxylic acids is 1. The Hall–Kier alpha value is -0.570. The zero-order chi connectivity index (χ0) is 11.3. The average molecular weight is 213 g/mol. The van der Waals surface area contributed by atoms with Crippen LogP contribution < -0.4 is 0 Å². The molecule has 88 valence electrons. The van der Waals surface area contributed by atoms with E-state index in [4.69, 9.17) is 4.74 Å². The molecule has 2 heterocycles. The van der Waals surface area contributed by atoms with Crippen LogP contribution in [0.4, 0.5) is 0 Å². The molecule has 0 aliphatic carbocycles. The minimum Gasteiger partial charge on any atom is -0.380 e. The van der Waals surface area contributed by atoms with E-state index in [0.717, 1.165) is 19.0 Å². The second-order valence-electron chi connectivity index (χ2n) is 4.24. The molecule has 1 amide bonds. The molecule has 2 fully saturated rings. The van der Waals surface area contributed by atoms with Crippen molar-refractivity contribution in [1.82, 2.24) is 4.90 Å². The van der Waals surface area contributed by atoms with Crippen molar-refractivity contribution in [2.75, 3.05) is 26.3 Å². The van der Waals surface area contributed by atoms with Crippen molar-refractivity contribution in [3.8, 4) is 0 Å². The molecule has 3 heteroatoms. The summed E-state index contributed by atoms with van der Waals surface area (Å²) >= 11 is 0. The smallest absolute Gasteiger partial charge is 0.230 e. The SMILES string of the molecule is CC.CC1CCN(C(=O)C2COC2)CC1. The molecule has 0 unspecified atom stereocenters. The summed E-state index contributed by atoms with van der Waals surface area (Å²) in [6, 6.07) is 0. The third kappa shape index (κ3) is 3.20. The lowest BCUT2D eigenvalue weighted by atomic mass is 9.97. The minimum absolute atomic E-state index is 0.174. The summed E-state index contributed by atoms with van der Waals surface area (Å²) in [5, 5.41) is 0. The first-order chi connectivity index (χ1) is 7.27. The van der Waals surface area contributed by atoms with Crippen LogP contribution in [0, 0.1) is 11.8 Å². The maximum atomic E-state index is 11.7. The molecule has 0 aromatic carbocycles. The number of carbonyl (C=O) groups is 1. The van der Waals surface area contributed by atoms with E-state index in [0.29, 0.717) is 19.1 Å². The molecular formula is C12H23NO2. The number of amides is 1. The van der Waals surface area contributed by atoms with Gasteiger partial charge in [0.05, 0.1) is 19.1 Å². The van der Waals surface area contributed by atoms with Gasteiger partial charge in [0.1, 0.15) is 0 Å². The number of piperidine rings is 1. The lowest BCUT2D eigenvalue weighted by molar-refractivity contribution is -0.151. The molecule has 2 saturated heterocycles. The summed E-state index contributed by atoms with van der Waals surface area (Å²) < 4.78 is 5.02. The monoisotopic (exact) mass is 213 g/mol. The van der Waals surface area contributed by atoms with E-state index < -0.39 is 0 Å². The maximum absolute atomic E-state index is 11.7. The summed E-state index contributed by atoms with van der Waals surface area (Å²) in [7, 11) is 0. The lowest BCUT2D eigenvalue weighted by Crippen LogP contribution is -2.47. The maximum Gasteiger partial charge on any atom is 0.230 e. The van der Waals surface area contributed by atoms with E-state index in [1.165, 1.54) is 12.8 Å². The van der Waals surface area contributed by atoms with E-state index in [9.17, 15) is 4.79 Å². The number of likely N-dealkylation sites (tertiary alicyclic amines) is 1. The van der Waals surface area contributed by atoms with Gasteiger partial charge < -0.3 is 9.64 Å². The number of hydrogen-bond acceptors (Lipinski definition) is 2. The molecule has 0 N–H and O–H groups in total. The van der Waals surface area contributed by atoms with Gasteiger partial charge in [-0.15, -0.1) is 0 Å². The third-order valence-corrected chi connectivity index (χ3v) is 3.08. The minimum atomic E-state index is 0.174. The molecule has 0 saturated carbocycles. The van der Waals surface area contributed by atoms with Crippen molar-refractivity contribution < 1.29 is 9.53 Å². The molecule has 0 radical (unpaired) electrons. The van der Waals surface area contributed by atoms with Gasteiger partial charge in [0, 0.05) is 13.1 Å². The Bertz CT molecular complexity index is 194. The summed E-state index contributed by atoms with van der Waals surface area (Å²) in [6.07, 6.45) is 2.33. The predicted octanol–water partition coefficient (Wildman–Crippen LogP) is 1.92. The summed E-state index contributed by atoms with van der Waals surface area (Å²) in [4.78, 5) is 13.7. The Morgan fingerprint density at radius 2 is 1.73 bits per heavy atom. The molecule has 2 rings (SSSR count). The van der Waals surface area contributed by atoms with Crippen LogP contribution in [0.1, 0.15) is 33.6 Å². The quantitative estimate of drug-likeness (QED) is 0.666. The standard InChI is InChI=1S/C10H17NO2.C2H6/c1-8-2-4-11(5-3-8)10(12)9-6-13-7-9;1-2/h8-9H,2-7H2,1H3;1-2H3. The van der Waals surface area contributed by atoms with Gasteiger partial charge >= 0.3 is 0 Å². The zero-order valence-electron chi connectivity index (χ0n) is 10.2. The fraction of sp³-hybridized carbons (Fsp3) is 0.917. The second kappa shape index (κ2) is 6.11. The molecule has 0 bridgehead atoms. The normalized spacial score (nSPS) is 22.7. The van der Waals surface area contributed by atoms with Crippen LogP contribution >= 0.6 is 0 Å². The Kier molecular flexibility index (Phi) is 5.09. The van der Waals surface area contributed by atoms with Gasteiger partial charge in [-0.1, -0.05) is 20.8 Å².